The third-order valence-corrected chi connectivity index (χ3v) is 4.16. The molecule has 0 unspecified atom stereocenters. The molecule has 0 saturated carbocycles. The number of benzene rings is 1. The highest BCUT2D eigenvalue weighted by Crippen LogP contribution is 2.27. The Balaban J connectivity index is 1.85. The van der Waals surface area contributed by atoms with Crippen molar-refractivity contribution in [3.63, 3.8) is 0 Å². The van der Waals surface area contributed by atoms with Gasteiger partial charge in [0.2, 0.25) is 0 Å². The van der Waals surface area contributed by atoms with Gasteiger partial charge in [0, 0.05) is 26.8 Å². The molecule has 0 spiro atoms. The van der Waals surface area contributed by atoms with Gasteiger partial charge in [-0.3, -0.25) is 4.79 Å². The van der Waals surface area contributed by atoms with Crippen LogP contribution in [0.15, 0.2) is 48.7 Å². The van der Waals surface area contributed by atoms with Gasteiger partial charge in [-0.15, -0.1) is 0 Å². The van der Waals surface area contributed by atoms with Crippen molar-refractivity contribution in [2.24, 2.45) is 0 Å². The average Bonchev–Trinajstić information content (AvgIpc) is 2.61. The van der Waals surface area contributed by atoms with Gasteiger partial charge in [0.15, 0.2) is 0 Å². The first-order valence-corrected chi connectivity index (χ1v) is 8.18. The molecule has 5 heteroatoms. The van der Waals surface area contributed by atoms with Crippen molar-refractivity contribution >= 4 is 11.7 Å². The predicted octanol–water partition coefficient (Wildman–Crippen LogP) is 2.75. The molecule has 0 radical (unpaired) electrons. The van der Waals surface area contributed by atoms with Gasteiger partial charge in [-0.05, 0) is 24.6 Å². The van der Waals surface area contributed by atoms with Gasteiger partial charge < -0.3 is 14.5 Å². The molecular weight excluding hydrogens is 302 g/mol. The molecule has 0 bridgehead atoms. The molecule has 1 saturated heterocycles. The van der Waals surface area contributed by atoms with Crippen LogP contribution in [-0.2, 0) is 4.74 Å². The molecule has 126 valence electrons. The van der Waals surface area contributed by atoms with Gasteiger partial charge in [0.25, 0.3) is 5.91 Å². The number of aromatic nitrogens is 1. The van der Waals surface area contributed by atoms with Crippen molar-refractivity contribution in [3.05, 3.63) is 59.8 Å². The minimum Gasteiger partial charge on any atom is -0.367 e. The topological polar surface area (TPSA) is 45.7 Å². The van der Waals surface area contributed by atoms with Crippen LogP contribution in [0, 0.1) is 0 Å². The molecule has 1 aliphatic heterocycles. The lowest BCUT2D eigenvalue weighted by molar-refractivity contribution is -0.0691. The van der Waals surface area contributed by atoms with Crippen LogP contribution in [0.25, 0.3) is 0 Å². The number of hydrogen-bond acceptors (Lipinski definition) is 4. The molecule has 0 N–H and O–H groups in total. The lowest BCUT2D eigenvalue weighted by atomic mass is 10.1. The van der Waals surface area contributed by atoms with Crippen molar-refractivity contribution in [1.29, 1.82) is 0 Å². The van der Waals surface area contributed by atoms with E-state index in [1.807, 2.05) is 67.2 Å². The molecular formula is C19H23N3O2. The number of hydrogen-bond donors (Lipinski definition) is 0. The maximum Gasteiger partial charge on any atom is 0.257 e. The number of ether oxygens (including phenoxy) is 1. The summed E-state index contributed by atoms with van der Waals surface area (Å²) in [6, 6.07) is 13.7. The number of amides is 1. The van der Waals surface area contributed by atoms with Crippen LogP contribution in [0.4, 0.5) is 5.82 Å². The molecule has 2 atom stereocenters. The highest BCUT2D eigenvalue weighted by atomic mass is 16.5. The second-order valence-corrected chi connectivity index (χ2v) is 6.33. The van der Waals surface area contributed by atoms with Gasteiger partial charge in [-0.25, -0.2) is 4.98 Å². The van der Waals surface area contributed by atoms with Gasteiger partial charge in [0.05, 0.1) is 18.2 Å². The summed E-state index contributed by atoms with van der Waals surface area (Å²) < 4.78 is 6.05. The number of carbonyl (C=O) groups is 1. The molecule has 1 aromatic heterocycles. The SMILES string of the molecule is C[C@H]1CN(C(=O)c2cccnc2N(C)C)C[C@@H](c2ccccc2)O1. The van der Waals surface area contributed by atoms with Crippen LogP contribution >= 0.6 is 0 Å². The van der Waals surface area contributed by atoms with E-state index in [4.69, 9.17) is 4.74 Å². The molecule has 1 amide bonds. The highest BCUT2D eigenvalue weighted by Gasteiger charge is 2.31. The summed E-state index contributed by atoms with van der Waals surface area (Å²) >= 11 is 0. The van der Waals surface area contributed by atoms with Crippen LogP contribution < -0.4 is 4.90 Å². The van der Waals surface area contributed by atoms with E-state index >= 15 is 0 Å². The monoisotopic (exact) mass is 325 g/mol. The van der Waals surface area contributed by atoms with Crippen LogP contribution in [-0.4, -0.2) is 49.1 Å². The Morgan fingerprint density at radius 2 is 1.92 bits per heavy atom. The molecule has 5 nitrogen and oxygen atoms in total. The zero-order valence-electron chi connectivity index (χ0n) is 14.3. The van der Waals surface area contributed by atoms with E-state index in [1.165, 1.54) is 0 Å². The van der Waals surface area contributed by atoms with Gasteiger partial charge in [0.1, 0.15) is 11.9 Å². The highest BCUT2D eigenvalue weighted by molar-refractivity contribution is 5.99. The quantitative estimate of drug-likeness (QED) is 0.870. The molecule has 3 rings (SSSR count). The lowest BCUT2D eigenvalue weighted by Crippen LogP contribution is -2.46. The number of carbonyl (C=O) groups excluding carboxylic acids is 1. The lowest BCUT2D eigenvalue weighted by Gasteiger charge is -2.37. The molecule has 2 heterocycles. The smallest absolute Gasteiger partial charge is 0.257 e. The third-order valence-electron chi connectivity index (χ3n) is 4.16. The van der Waals surface area contributed by atoms with E-state index in [2.05, 4.69) is 4.98 Å². The van der Waals surface area contributed by atoms with Crippen molar-refractivity contribution < 1.29 is 9.53 Å². The molecule has 24 heavy (non-hydrogen) atoms. The average molecular weight is 325 g/mol. The fraction of sp³-hybridized carbons (Fsp3) is 0.368. The maximum absolute atomic E-state index is 13.1. The Morgan fingerprint density at radius 3 is 2.62 bits per heavy atom. The van der Waals surface area contributed by atoms with Gasteiger partial charge in [-0.1, -0.05) is 30.3 Å². The normalized spacial score (nSPS) is 20.7. The van der Waals surface area contributed by atoms with E-state index in [0.717, 1.165) is 5.56 Å². The predicted molar refractivity (Wildman–Crippen MR) is 94.2 cm³/mol. The van der Waals surface area contributed by atoms with E-state index in [9.17, 15) is 4.79 Å². The summed E-state index contributed by atoms with van der Waals surface area (Å²) in [4.78, 5) is 21.1. The fourth-order valence-corrected chi connectivity index (χ4v) is 3.06. The minimum atomic E-state index is -0.0987. The van der Waals surface area contributed by atoms with Crippen LogP contribution in [0.5, 0.6) is 0 Å². The summed E-state index contributed by atoms with van der Waals surface area (Å²) in [5, 5.41) is 0. The van der Waals surface area contributed by atoms with Crippen molar-refractivity contribution in [2.45, 2.75) is 19.1 Å². The van der Waals surface area contributed by atoms with E-state index in [-0.39, 0.29) is 18.1 Å². The van der Waals surface area contributed by atoms with Crippen molar-refractivity contribution in [1.82, 2.24) is 9.88 Å². The first-order chi connectivity index (χ1) is 11.6. The molecule has 1 fully saturated rings. The zero-order chi connectivity index (χ0) is 17.1. The first-order valence-electron chi connectivity index (χ1n) is 8.18. The first kappa shape index (κ1) is 16.5. The van der Waals surface area contributed by atoms with E-state index in [0.29, 0.717) is 24.5 Å². The number of pyridine rings is 1. The van der Waals surface area contributed by atoms with E-state index < -0.39 is 0 Å². The Labute approximate surface area is 142 Å². The summed E-state index contributed by atoms with van der Waals surface area (Å²) in [6.07, 6.45) is 1.60. The number of morpholine rings is 1. The largest absolute Gasteiger partial charge is 0.367 e. The molecule has 1 aromatic carbocycles. The summed E-state index contributed by atoms with van der Waals surface area (Å²) in [5.41, 5.74) is 1.73. The second-order valence-electron chi connectivity index (χ2n) is 6.33. The Bertz CT molecular complexity index is 703. The second kappa shape index (κ2) is 7.01. The fourth-order valence-electron chi connectivity index (χ4n) is 3.06. The molecule has 0 aliphatic carbocycles. The number of anilines is 1. The summed E-state index contributed by atoms with van der Waals surface area (Å²) in [7, 11) is 3.79. The standard InChI is InChI=1S/C19H23N3O2/c1-14-12-22(13-17(24-14)15-8-5-4-6-9-15)19(23)16-10-7-11-20-18(16)21(2)3/h4-11,14,17H,12-13H2,1-3H3/t14-,17-/m0/s1. The molecule has 2 aromatic rings. The van der Waals surface area contributed by atoms with Crippen LogP contribution in [0.1, 0.15) is 28.9 Å². The Kier molecular flexibility index (Phi) is 4.81. The summed E-state index contributed by atoms with van der Waals surface area (Å²) in [5.74, 6) is 0.695. The maximum atomic E-state index is 13.1. The summed E-state index contributed by atoms with van der Waals surface area (Å²) in [6.45, 7) is 3.14. The Hall–Kier alpha value is -2.40. The number of rotatable bonds is 3. The third kappa shape index (κ3) is 3.41. The van der Waals surface area contributed by atoms with Crippen LogP contribution in [0.2, 0.25) is 0 Å². The zero-order valence-corrected chi connectivity index (χ0v) is 14.3. The Morgan fingerprint density at radius 1 is 1.17 bits per heavy atom. The van der Waals surface area contributed by atoms with Gasteiger partial charge >= 0.3 is 0 Å². The minimum absolute atomic E-state index is 0.00267. The van der Waals surface area contributed by atoms with E-state index in [1.54, 1.807) is 12.3 Å². The van der Waals surface area contributed by atoms with Crippen molar-refractivity contribution in [2.75, 3.05) is 32.1 Å². The number of nitrogens with zero attached hydrogens (tertiary/aromatic N) is 3. The van der Waals surface area contributed by atoms with Crippen LogP contribution in [0.3, 0.4) is 0 Å². The molecule has 1 aliphatic rings. The van der Waals surface area contributed by atoms with Gasteiger partial charge in [-0.2, -0.15) is 0 Å². The van der Waals surface area contributed by atoms with Crippen molar-refractivity contribution in [3.8, 4) is 0 Å².